The molecule has 29 heavy (non-hydrogen) atoms. The van der Waals surface area contributed by atoms with E-state index < -0.39 is 25.1 Å². The number of esters is 1. The minimum Gasteiger partial charge on any atom is -0.455 e. The van der Waals surface area contributed by atoms with Gasteiger partial charge in [-0.1, -0.05) is 36.0 Å². The van der Waals surface area contributed by atoms with Crippen molar-refractivity contribution in [2.75, 3.05) is 17.7 Å². The van der Waals surface area contributed by atoms with E-state index >= 15 is 0 Å². The fraction of sp³-hybridized carbons (Fsp3) is 0.158. The van der Waals surface area contributed by atoms with Gasteiger partial charge < -0.3 is 14.8 Å². The highest BCUT2D eigenvalue weighted by Gasteiger charge is 2.13. The summed E-state index contributed by atoms with van der Waals surface area (Å²) in [7, 11) is 0. The molecular formula is C19H15F2N3O4S. The topological polar surface area (TPSA) is 90.4 Å². The quantitative estimate of drug-likeness (QED) is 0.441. The molecule has 0 atom stereocenters. The van der Waals surface area contributed by atoms with Crippen LogP contribution in [0.1, 0.15) is 0 Å². The van der Waals surface area contributed by atoms with Gasteiger partial charge in [0, 0.05) is 0 Å². The van der Waals surface area contributed by atoms with Gasteiger partial charge in [-0.25, -0.2) is 4.98 Å². The maximum Gasteiger partial charge on any atom is 0.387 e. The average Bonchev–Trinajstić information content (AvgIpc) is 2.71. The zero-order valence-corrected chi connectivity index (χ0v) is 15.7. The van der Waals surface area contributed by atoms with Crippen LogP contribution in [0, 0.1) is 0 Å². The molecule has 0 bridgehead atoms. The summed E-state index contributed by atoms with van der Waals surface area (Å²) in [4.78, 5) is 32.4. The molecular weight excluding hydrogens is 404 g/mol. The van der Waals surface area contributed by atoms with Crippen molar-refractivity contribution in [3.63, 3.8) is 0 Å². The number of benzene rings is 2. The Kier molecular flexibility index (Phi) is 6.90. The monoisotopic (exact) mass is 419 g/mol. The maximum atomic E-state index is 12.4. The Labute approximate surface area is 168 Å². The molecule has 2 aromatic carbocycles. The van der Waals surface area contributed by atoms with Crippen molar-refractivity contribution in [2.45, 2.75) is 11.6 Å². The molecule has 0 radical (unpaired) electrons. The van der Waals surface area contributed by atoms with Gasteiger partial charge in [0.1, 0.15) is 10.8 Å². The highest BCUT2D eigenvalue weighted by Crippen LogP contribution is 2.25. The van der Waals surface area contributed by atoms with Crippen LogP contribution in [0.4, 0.5) is 14.5 Å². The number of amides is 1. The third-order valence-corrected chi connectivity index (χ3v) is 4.38. The molecule has 10 heteroatoms. The number of carbonyl (C=O) groups is 2. The van der Waals surface area contributed by atoms with E-state index in [0.29, 0.717) is 10.5 Å². The van der Waals surface area contributed by atoms with Crippen LogP contribution in [0.5, 0.6) is 5.75 Å². The lowest BCUT2D eigenvalue weighted by atomic mass is 10.3. The van der Waals surface area contributed by atoms with Gasteiger partial charge in [-0.3, -0.25) is 14.6 Å². The number of aromatic nitrogens is 2. The van der Waals surface area contributed by atoms with Crippen LogP contribution < -0.4 is 10.1 Å². The van der Waals surface area contributed by atoms with E-state index in [1.165, 1.54) is 18.2 Å². The molecule has 1 heterocycles. The Morgan fingerprint density at radius 1 is 1.07 bits per heavy atom. The standard InChI is InChI=1S/C19H15F2N3O4S/c20-19(21)28-15-8-4-3-7-14(15)23-16(25)10-27-18(26)11-29-17-9-22-12-5-1-2-6-13(12)24-17/h1-9,19H,10-11H2,(H,23,25). The molecule has 0 spiro atoms. The second-order valence-corrected chi connectivity index (χ2v) is 6.56. The fourth-order valence-corrected chi connectivity index (χ4v) is 2.92. The van der Waals surface area contributed by atoms with E-state index in [4.69, 9.17) is 4.74 Å². The number of para-hydroxylation sites is 4. The summed E-state index contributed by atoms with van der Waals surface area (Å²) in [6.45, 7) is -3.59. The highest BCUT2D eigenvalue weighted by atomic mass is 32.2. The van der Waals surface area contributed by atoms with Gasteiger partial charge in [0.15, 0.2) is 6.61 Å². The molecule has 7 nitrogen and oxygen atoms in total. The van der Waals surface area contributed by atoms with Crippen molar-refractivity contribution < 1.29 is 27.8 Å². The summed E-state index contributed by atoms with van der Waals surface area (Å²) >= 11 is 1.13. The average molecular weight is 419 g/mol. The summed E-state index contributed by atoms with van der Waals surface area (Å²) < 4.78 is 34.0. The van der Waals surface area contributed by atoms with Crippen molar-refractivity contribution in [2.24, 2.45) is 0 Å². The van der Waals surface area contributed by atoms with Gasteiger partial charge >= 0.3 is 12.6 Å². The van der Waals surface area contributed by atoms with E-state index in [-0.39, 0.29) is 17.2 Å². The van der Waals surface area contributed by atoms with E-state index in [1.54, 1.807) is 12.3 Å². The zero-order valence-electron chi connectivity index (χ0n) is 14.9. The number of fused-ring (bicyclic) bond motifs is 1. The first-order chi connectivity index (χ1) is 14.0. The molecule has 0 aliphatic heterocycles. The molecule has 0 unspecified atom stereocenters. The lowest BCUT2D eigenvalue weighted by molar-refractivity contribution is -0.144. The summed E-state index contributed by atoms with van der Waals surface area (Å²) in [5.74, 6) is -1.56. The van der Waals surface area contributed by atoms with Crippen molar-refractivity contribution >= 4 is 40.4 Å². The first-order valence-corrected chi connectivity index (χ1v) is 9.34. The minimum atomic E-state index is -3.03. The van der Waals surface area contributed by atoms with Gasteiger partial charge in [-0.2, -0.15) is 8.78 Å². The van der Waals surface area contributed by atoms with E-state index in [9.17, 15) is 18.4 Å². The van der Waals surface area contributed by atoms with Gasteiger partial charge in [-0.15, -0.1) is 0 Å². The molecule has 1 N–H and O–H groups in total. The predicted octanol–water partition coefficient (Wildman–Crippen LogP) is 3.51. The number of hydrogen-bond acceptors (Lipinski definition) is 7. The van der Waals surface area contributed by atoms with Crippen LogP contribution in [0.25, 0.3) is 11.0 Å². The van der Waals surface area contributed by atoms with Crippen molar-refractivity contribution in [1.82, 2.24) is 9.97 Å². The Morgan fingerprint density at radius 3 is 2.59 bits per heavy atom. The number of alkyl halides is 2. The Bertz CT molecular complexity index is 1020. The number of hydrogen-bond donors (Lipinski definition) is 1. The molecule has 0 saturated carbocycles. The van der Waals surface area contributed by atoms with E-state index in [0.717, 1.165) is 17.3 Å². The minimum absolute atomic E-state index is 0.0506. The van der Waals surface area contributed by atoms with Crippen molar-refractivity contribution in [1.29, 1.82) is 0 Å². The number of nitrogens with one attached hydrogen (secondary N) is 1. The van der Waals surface area contributed by atoms with Gasteiger partial charge in [0.2, 0.25) is 0 Å². The number of rotatable bonds is 8. The van der Waals surface area contributed by atoms with E-state index in [2.05, 4.69) is 20.0 Å². The molecule has 0 fully saturated rings. The van der Waals surface area contributed by atoms with Gasteiger partial charge in [0.05, 0.1) is 28.7 Å². The van der Waals surface area contributed by atoms with Crippen molar-refractivity contribution in [3.05, 3.63) is 54.7 Å². The number of halogens is 2. The lowest BCUT2D eigenvalue weighted by Gasteiger charge is -2.11. The normalized spacial score (nSPS) is 10.7. The molecule has 3 aromatic rings. The van der Waals surface area contributed by atoms with Crippen LogP contribution in [-0.2, 0) is 14.3 Å². The molecule has 0 aliphatic rings. The third kappa shape index (κ3) is 6.11. The lowest BCUT2D eigenvalue weighted by Crippen LogP contribution is -2.22. The highest BCUT2D eigenvalue weighted by molar-refractivity contribution is 7.99. The van der Waals surface area contributed by atoms with Crippen molar-refractivity contribution in [3.8, 4) is 5.75 Å². The number of ether oxygens (including phenoxy) is 2. The van der Waals surface area contributed by atoms with Crippen LogP contribution in [0.2, 0.25) is 0 Å². The third-order valence-electron chi connectivity index (χ3n) is 3.51. The maximum absolute atomic E-state index is 12.4. The molecule has 1 amide bonds. The Hall–Kier alpha value is -3.27. The molecule has 150 valence electrons. The molecule has 0 saturated heterocycles. The largest absolute Gasteiger partial charge is 0.455 e. The molecule has 3 rings (SSSR count). The summed E-state index contributed by atoms with van der Waals surface area (Å²) in [5.41, 5.74) is 1.50. The second-order valence-electron chi connectivity index (χ2n) is 5.57. The number of anilines is 1. The zero-order chi connectivity index (χ0) is 20.6. The first-order valence-electron chi connectivity index (χ1n) is 8.35. The van der Waals surface area contributed by atoms with E-state index in [1.807, 2.05) is 24.3 Å². The van der Waals surface area contributed by atoms with Crippen LogP contribution in [-0.4, -0.2) is 40.8 Å². The van der Waals surface area contributed by atoms with Gasteiger partial charge in [-0.05, 0) is 24.3 Å². The molecule has 1 aromatic heterocycles. The summed E-state index contributed by atoms with van der Waals surface area (Å²) in [6, 6.07) is 13.0. The number of carbonyl (C=O) groups excluding carboxylic acids is 2. The Balaban J connectivity index is 1.47. The number of thioether (sulfide) groups is 1. The van der Waals surface area contributed by atoms with Crippen LogP contribution in [0.15, 0.2) is 59.8 Å². The van der Waals surface area contributed by atoms with Gasteiger partial charge in [0.25, 0.3) is 5.91 Å². The SMILES string of the molecule is O=C(COC(=O)CSc1cnc2ccccc2n1)Nc1ccccc1OC(F)F. The first kappa shape index (κ1) is 20.5. The second kappa shape index (κ2) is 9.78. The molecule has 0 aliphatic carbocycles. The number of nitrogens with zero attached hydrogens (tertiary/aromatic N) is 2. The fourth-order valence-electron chi connectivity index (χ4n) is 2.29. The Morgan fingerprint density at radius 2 is 1.79 bits per heavy atom. The summed E-state index contributed by atoms with van der Waals surface area (Å²) in [5, 5.41) is 2.91. The smallest absolute Gasteiger partial charge is 0.387 e. The predicted molar refractivity (Wildman–Crippen MR) is 103 cm³/mol. The van der Waals surface area contributed by atoms with Crippen LogP contribution >= 0.6 is 11.8 Å². The summed E-state index contributed by atoms with van der Waals surface area (Å²) in [6.07, 6.45) is 1.55. The van der Waals surface area contributed by atoms with Crippen LogP contribution in [0.3, 0.4) is 0 Å².